The number of hydrogen-bond acceptors (Lipinski definition) is 5. The number of rotatable bonds is 5. The summed E-state index contributed by atoms with van der Waals surface area (Å²) in [5.74, 6) is 0. The molecule has 0 N–H and O–H groups in total. The normalized spacial score (nSPS) is 20.5. The molecule has 1 unspecified atom stereocenters. The first-order valence-corrected chi connectivity index (χ1v) is 10.1. The van der Waals surface area contributed by atoms with Crippen molar-refractivity contribution in [2.75, 3.05) is 31.1 Å². The van der Waals surface area contributed by atoms with Crippen LogP contribution in [0.25, 0.3) is 0 Å². The van der Waals surface area contributed by atoms with E-state index in [-0.39, 0.29) is 16.8 Å². The topological polar surface area (TPSA) is 58.9 Å². The molecule has 2 aromatic rings. The van der Waals surface area contributed by atoms with Crippen molar-refractivity contribution in [1.82, 2.24) is 4.90 Å². The molecule has 4 rings (SSSR count). The Balaban J connectivity index is 1.67. The summed E-state index contributed by atoms with van der Waals surface area (Å²) in [4.78, 5) is 15.6. The SMILES string of the molecule is O=[N+]([O-])c1ccc(N2CCCC2)c(C2OCCCN2Cc2ccc(Cl)cc2)c1. The molecule has 2 aliphatic rings. The van der Waals surface area contributed by atoms with Gasteiger partial charge in [0.15, 0.2) is 0 Å². The van der Waals surface area contributed by atoms with E-state index in [0.29, 0.717) is 18.2 Å². The molecule has 2 fully saturated rings. The van der Waals surface area contributed by atoms with E-state index in [0.717, 1.165) is 55.7 Å². The third-order valence-electron chi connectivity index (χ3n) is 5.43. The standard InChI is InChI=1S/C21H24ClN3O3/c22-17-6-4-16(5-7-17)15-24-12-3-13-28-21(24)19-14-18(25(26)27)8-9-20(19)23-10-1-2-11-23/h4-9,14,21H,1-3,10-13,15H2. The highest BCUT2D eigenvalue weighted by molar-refractivity contribution is 6.30. The molecule has 0 aliphatic carbocycles. The lowest BCUT2D eigenvalue weighted by Gasteiger charge is -2.37. The zero-order valence-corrected chi connectivity index (χ0v) is 16.5. The van der Waals surface area contributed by atoms with Crippen molar-refractivity contribution in [3.8, 4) is 0 Å². The maximum Gasteiger partial charge on any atom is 0.270 e. The highest BCUT2D eigenvalue weighted by atomic mass is 35.5. The molecule has 28 heavy (non-hydrogen) atoms. The van der Waals surface area contributed by atoms with Gasteiger partial charge in [0.05, 0.1) is 11.5 Å². The van der Waals surface area contributed by atoms with Crippen LogP contribution in [-0.2, 0) is 11.3 Å². The molecule has 0 bridgehead atoms. The van der Waals surface area contributed by atoms with Crippen molar-refractivity contribution in [2.24, 2.45) is 0 Å². The Morgan fingerprint density at radius 2 is 1.82 bits per heavy atom. The van der Waals surface area contributed by atoms with E-state index >= 15 is 0 Å². The highest BCUT2D eigenvalue weighted by Crippen LogP contribution is 2.37. The second-order valence-electron chi connectivity index (χ2n) is 7.37. The second kappa shape index (κ2) is 8.47. The number of hydrogen-bond donors (Lipinski definition) is 0. The van der Waals surface area contributed by atoms with Gasteiger partial charge in [0.2, 0.25) is 0 Å². The zero-order chi connectivity index (χ0) is 19.5. The van der Waals surface area contributed by atoms with Gasteiger partial charge in [-0.15, -0.1) is 0 Å². The van der Waals surface area contributed by atoms with Crippen molar-refractivity contribution < 1.29 is 9.66 Å². The van der Waals surface area contributed by atoms with Crippen LogP contribution in [0.1, 0.15) is 36.6 Å². The Labute approximate surface area is 169 Å². The van der Waals surface area contributed by atoms with E-state index in [9.17, 15) is 10.1 Å². The molecule has 6 nitrogen and oxygen atoms in total. The number of nitro benzene ring substituents is 1. The maximum atomic E-state index is 11.4. The summed E-state index contributed by atoms with van der Waals surface area (Å²) in [5, 5.41) is 12.1. The molecule has 2 aliphatic heterocycles. The van der Waals surface area contributed by atoms with Gasteiger partial charge in [0.1, 0.15) is 6.23 Å². The Morgan fingerprint density at radius 1 is 1.07 bits per heavy atom. The van der Waals surface area contributed by atoms with Crippen LogP contribution >= 0.6 is 11.6 Å². The lowest BCUT2D eigenvalue weighted by molar-refractivity contribution is -0.385. The molecule has 0 saturated carbocycles. The van der Waals surface area contributed by atoms with Gasteiger partial charge in [0, 0.05) is 54.6 Å². The Kier molecular flexibility index (Phi) is 5.80. The Hall–Kier alpha value is -2.15. The van der Waals surface area contributed by atoms with Crippen molar-refractivity contribution >= 4 is 23.0 Å². The van der Waals surface area contributed by atoms with Crippen LogP contribution in [0.3, 0.4) is 0 Å². The predicted octanol–water partition coefficient (Wildman–Crippen LogP) is 4.77. The average molecular weight is 402 g/mol. The first kappa shape index (κ1) is 19.2. The summed E-state index contributed by atoms with van der Waals surface area (Å²) in [6.07, 6.45) is 2.95. The van der Waals surface area contributed by atoms with E-state index < -0.39 is 0 Å². The van der Waals surface area contributed by atoms with Gasteiger partial charge in [-0.1, -0.05) is 23.7 Å². The molecule has 7 heteroatoms. The minimum atomic E-state index is -0.330. The monoisotopic (exact) mass is 401 g/mol. The summed E-state index contributed by atoms with van der Waals surface area (Å²) >= 11 is 6.01. The Morgan fingerprint density at radius 3 is 2.54 bits per heavy atom. The van der Waals surface area contributed by atoms with Crippen molar-refractivity contribution in [1.29, 1.82) is 0 Å². The van der Waals surface area contributed by atoms with E-state index in [1.165, 1.54) is 0 Å². The molecule has 1 atom stereocenters. The average Bonchev–Trinajstić information content (AvgIpc) is 3.24. The zero-order valence-electron chi connectivity index (χ0n) is 15.7. The number of halogens is 1. The summed E-state index contributed by atoms with van der Waals surface area (Å²) in [7, 11) is 0. The second-order valence-corrected chi connectivity index (χ2v) is 7.80. The predicted molar refractivity (Wildman–Crippen MR) is 110 cm³/mol. The van der Waals surface area contributed by atoms with E-state index in [1.54, 1.807) is 12.1 Å². The van der Waals surface area contributed by atoms with Crippen LogP contribution in [0.5, 0.6) is 0 Å². The largest absolute Gasteiger partial charge is 0.371 e. The molecule has 0 radical (unpaired) electrons. The van der Waals surface area contributed by atoms with Gasteiger partial charge in [-0.3, -0.25) is 15.0 Å². The quantitative estimate of drug-likeness (QED) is 0.533. The molecular weight excluding hydrogens is 378 g/mol. The number of nitro groups is 1. The van der Waals surface area contributed by atoms with Gasteiger partial charge in [0.25, 0.3) is 5.69 Å². The third-order valence-corrected chi connectivity index (χ3v) is 5.68. The summed E-state index contributed by atoms with van der Waals surface area (Å²) in [6.45, 7) is 4.22. The lowest BCUT2D eigenvalue weighted by atomic mass is 10.1. The van der Waals surface area contributed by atoms with Crippen LogP contribution in [0, 0.1) is 10.1 Å². The minimum Gasteiger partial charge on any atom is -0.371 e. The molecule has 2 saturated heterocycles. The fraction of sp³-hybridized carbons (Fsp3) is 0.429. The molecule has 0 spiro atoms. The molecule has 2 heterocycles. The van der Waals surface area contributed by atoms with Gasteiger partial charge < -0.3 is 9.64 Å². The number of nitrogens with zero attached hydrogens (tertiary/aromatic N) is 3. The minimum absolute atomic E-state index is 0.110. The van der Waals surface area contributed by atoms with E-state index in [4.69, 9.17) is 16.3 Å². The first-order chi connectivity index (χ1) is 13.6. The number of benzene rings is 2. The van der Waals surface area contributed by atoms with Crippen molar-refractivity contribution in [3.63, 3.8) is 0 Å². The van der Waals surface area contributed by atoms with Gasteiger partial charge in [-0.05, 0) is 43.0 Å². The third kappa shape index (κ3) is 4.14. The van der Waals surface area contributed by atoms with Gasteiger partial charge in [-0.2, -0.15) is 0 Å². The van der Waals surface area contributed by atoms with Crippen LogP contribution in [0.4, 0.5) is 11.4 Å². The molecular formula is C21H24ClN3O3. The summed E-state index contributed by atoms with van der Waals surface area (Å²) < 4.78 is 6.16. The molecule has 0 aromatic heterocycles. The number of anilines is 1. The number of non-ortho nitro benzene ring substituents is 1. The summed E-state index contributed by atoms with van der Waals surface area (Å²) in [5.41, 5.74) is 3.20. The van der Waals surface area contributed by atoms with Crippen LogP contribution in [0.2, 0.25) is 5.02 Å². The van der Waals surface area contributed by atoms with Crippen LogP contribution in [0.15, 0.2) is 42.5 Å². The van der Waals surface area contributed by atoms with E-state index in [2.05, 4.69) is 9.80 Å². The van der Waals surface area contributed by atoms with Crippen molar-refractivity contribution in [3.05, 3.63) is 68.7 Å². The Bertz CT molecular complexity index is 837. The summed E-state index contributed by atoms with van der Waals surface area (Å²) in [6, 6.07) is 13.0. The fourth-order valence-electron chi connectivity index (χ4n) is 4.06. The van der Waals surface area contributed by atoms with Gasteiger partial charge >= 0.3 is 0 Å². The number of ether oxygens (including phenoxy) is 1. The lowest BCUT2D eigenvalue weighted by Crippen LogP contribution is -2.37. The molecule has 148 valence electrons. The fourth-order valence-corrected chi connectivity index (χ4v) is 4.18. The molecule has 2 aromatic carbocycles. The van der Waals surface area contributed by atoms with Crippen molar-refractivity contribution in [2.45, 2.75) is 32.0 Å². The maximum absolute atomic E-state index is 11.4. The van der Waals surface area contributed by atoms with Crippen LogP contribution < -0.4 is 4.90 Å². The highest BCUT2D eigenvalue weighted by Gasteiger charge is 2.30. The van der Waals surface area contributed by atoms with Gasteiger partial charge in [-0.25, -0.2) is 0 Å². The van der Waals surface area contributed by atoms with Crippen LogP contribution in [-0.4, -0.2) is 36.1 Å². The first-order valence-electron chi connectivity index (χ1n) is 9.75. The smallest absolute Gasteiger partial charge is 0.270 e. The molecule has 0 amide bonds. The van der Waals surface area contributed by atoms with E-state index in [1.807, 2.05) is 30.3 Å².